The average molecular weight is 339 g/mol. The number of anilines is 1. The van der Waals surface area contributed by atoms with Crippen LogP contribution in [0.1, 0.15) is 28.5 Å². The summed E-state index contributed by atoms with van der Waals surface area (Å²) in [5.74, 6) is -0.773. The number of rotatable bonds is 5. The minimum atomic E-state index is -4.67. The number of H-pyrrole nitrogens is 1. The number of nitrogens with one attached hydrogen (secondary N) is 3. The van der Waals surface area contributed by atoms with Crippen LogP contribution in [0.4, 0.5) is 18.9 Å². The van der Waals surface area contributed by atoms with Crippen molar-refractivity contribution in [3.63, 3.8) is 0 Å². The number of carbonyl (C=O) groups excluding carboxylic acids is 1. The van der Waals surface area contributed by atoms with Crippen LogP contribution in [0.3, 0.4) is 0 Å². The van der Waals surface area contributed by atoms with Crippen LogP contribution in [0.5, 0.6) is 0 Å². The Balaban J connectivity index is 2.17. The van der Waals surface area contributed by atoms with Crippen molar-refractivity contribution in [2.75, 3.05) is 11.9 Å². The van der Waals surface area contributed by atoms with Crippen molar-refractivity contribution in [2.24, 2.45) is 0 Å². The Morgan fingerprint density at radius 3 is 2.58 bits per heavy atom. The average Bonchev–Trinajstić information content (AvgIpc) is 2.52. The van der Waals surface area contributed by atoms with Gasteiger partial charge in [-0.2, -0.15) is 13.2 Å². The van der Waals surface area contributed by atoms with E-state index in [1.807, 2.05) is 13.0 Å². The fourth-order valence-electron chi connectivity index (χ4n) is 2.04. The number of hydrogen-bond donors (Lipinski definition) is 3. The number of pyridine rings is 1. The van der Waals surface area contributed by atoms with Gasteiger partial charge in [0, 0.05) is 12.2 Å². The van der Waals surface area contributed by atoms with E-state index in [2.05, 4.69) is 10.6 Å². The van der Waals surface area contributed by atoms with Crippen molar-refractivity contribution in [2.45, 2.75) is 19.6 Å². The molecule has 2 aromatic rings. The summed E-state index contributed by atoms with van der Waals surface area (Å²) in [5.41, 5.74) is -1.30. The van der Waals surface area contributed by atoms with Crippen molar-refractivity contribution < 1.29 is 18.0 Å². The Kier molecular flexibility index (Phi) is 5.40. The molecule has 0 atom stereocenters. The molecular weight excluding hydrogens is 323 g/mol. The van der Waals surface area contributed by atoms with Gasteiger partial charge in [-0.05, 0) is 36.4 Å². The summed E-state index contributed by atoms with van der Waals surface area (Å²) < 4.78 is 37.6. The van der Waals surface area contributed by atoms with Crippen molar-refractivity contribution in [1.82, 2.24) is 10.3 Å². The number of amides is 1. The minimum absolute atomic E-state index is 0.389. The molecule has 0 radical (unpaired) electrons. The zero-order valence-electron chi connectivity index (χ0n) is 12.8. The molecule has 0 fully saturated rings. The van der Waals surface area contributed by atoms with E-state index in [1.165, 1.54) is 0 Å². The summed E-state index contributed by atoms with van der Waals surface area (Å²) in [7, 11) is 0. The van der Waals surface area contributed by atoms with Gasteiger partial charge < -0.3 is 15.6 Å². The fraction of sp³-hybridized carbons (Fsp3) is 0.250. The van der Waals surface area contributed by atoms with Crippen LogP contribution < -0.4 is 16.2 Å². The van der Waals surface area contributed by atoms with Crippen LogP contribution in [-0.4, -0.2) is 17.4 Å². The van der Waals surface area contributed by atoms with Crippen LogP contribution in [0, 0.1) is 0 Å². The van der Waals surface area contributed by atoms with E-state index in [-0.39, 0.29) is 5.56 Å². The molecular formula is C16H16F3N3O2. The third-order valence-corrected chi connectivity index (χ3v) is 3.22. The molecule has 24 heavy (non-hydrogen) atoms. The van der Waals surface area contributed by atoms with E-state index in [0.717, 1.165) is 18.2 Å². The number of carbonyl (C=O) groups is 1. The largest absolute Gasteiger partial charge is 0.431 e. The number of benzene rings is 1. The molecule has 2 rings (SSSR count). The zero-order chi connectivity index (χ0) is 17.7. The molecule has 0 unspecified atom stereocenters. The van der Waals surface area contributed by atoms with Gasteiger partial charge in [0.15, 0.2) is 0 Å². The lowest BCUT2D eigenvalue weighted by Gasteiger charge is -2.09. The summed E-state index contributed by atoms with van der Waals surface area (Å²) in [6, 6.07) is 8.48. The molecule has 128 valence electrons. The van der Waals surface area contributed by atoms with Gasteiger partial charge >= 0.3 is 6.18 Å². The van der Waals surface area contributed by atoms with Gasteiger partial charge in [-0.1, -0.05) is 19.1 Å². The normalized spacial score (nSPS) is 11.3. The first-order valence-corrected chi connectivity index (χ1v) is 7.23. The van der Waals surface area contributed by atoms with Crippen molar-refractivity contribution in [1.29, 1.82) is 0 Å². The number of hydrogen-bond acceptors (Lipinski definition) is 3. The lowest BCUT2D eigenvalue weighted by atomic mass is 10.2. The maximum Gasteiger partial charge on any atom is 0.431 e. The summed E-state index contributed by atoms with van der Waals surface area (Å²) in [6.07, 6.45) is -4.67. The summed E-state index contributed by atoms with van der Waals surface area (Å²) >= 11 is 0. The molecule has 0 saturated heterocycles. The van der Waals surface area contributed by atoms with Crippen molar-refractivity contribution in [3.05, 3.63) is 63.6 Å². The Morgan fingerprint density at radius 1 is 1.21 bits per heavy atom. The second-order valence-corrected chi connectivity index (χ2v) is 5.05. The highest BCUT2D eigenvalue weighted by Crippen LogP contribution is 2.26. The van der Waals surface area contributed by atoms with Crippen molar-refractivity contribution >= 4 is 11.6 Å². The molecule has 0 aliphatic rings. The molecule has 3 N–H and O–H groups in total. The first-order chi connectivity index (χ1) is 11.3. The highest BCUT2D eigenvalue weighted by Gasteiger charge is 2.32. The molecule has 8 heteroatoms. The number of aromatic amines is 1. The van der Waals surface area contributed by atoms with Gasteiger partial charge in [-0.15, -0.1) is 0 Å². The molecule has 1 amide bonds. The monoisotopic (exact) mass is 339 g/mol. The highest BCUT2D eigenvalue weighted by molar-refractivity contribution is 6.04. The second kappa shape index (κ2) is 7.31. The maximum atomic E-state index is 12.5. The Bertz CT molecular complexity index is 785. The minimum Gasteiger partial charge on any atom is -0.322 e. The third kappa shape index (κ3) is 4.45. The maximum absolute atomic E-state index is 12.5. The summed E-state index contributed by atoms with van der Waals surface area (Å²) in [6.45, 7) is 3.36. The van der Waals surface area contributed by atoms with E-state index in [0.29, 0.717) is 18.3 Å². The standard InChI is InChI=1S/C16H16F3N3O2/c1-2-20-9-10-4-3-5-11(8-10)21-14(23)12-6-7-13(16(17,18)19)22-15(12)24/h3-8,20H,2,9H2,1H3,(H,21,23)(H,22,24). The summed E-state index contributed by atoms with van der Waals surface area (Å²) in [5, 5.41) is 5.64. The van der Waals surface area contributed by atoms with Crippen LogP contribution >= 0.6 is 0 Å². The van der Waals surface area contributed by atoms with E-state index < -0.39 is 23.3 Å². The van der Waals surface area contributed by atoms with E-state index in [9.17, 15) is 22.8 Å². The van der Waals surface area contributed by atoms with Crippen LogP contribution in [-0.2, 0) is 12.7 Å². The zero-order valence-corrected chi connectivity index (χ0v) is 12.8. The highest BCUT2D eigenvalue weighted by atomic mass is 19.4. The molecule has 0 spiro atoms. The van der Waals surface area contributed by atoms with E-state index in [1.54, 1.807) is 23.2 Å². The first kappa shape index (κ1) is 17.7. The first-order valence-electron chi connectivity index (χ1n) is 7.23. The molecule has 0 aliphatic heterocycles. The smallest absolute Gasteiger partial charge is 0.322 e. The topological polar surface area (TPSA) is 74.0 Å². The van der Waals surface area contributed by atoms with Gasteiger partial charge in [0.2, 0.25) is 0 Å². The molecule has 1 heterocycles. The van der Waals surface area contributed by atoms with E-state index in [4.69, 9.17) is 0 Å². The van der Waals surface area contributed by atoms with E-state index >= 15 is 0 Å². The summed E-state index contributed by atoms with van der Waals surface area (Å²) in [4.78, 5) is 25.5. The quantitative estimate of drug-likeness (QED) is 0.784. The molecule has 1 aromatic carbocycles. The predicted molar refractivity (Wildman–Crippen MR) is 83.8 cm³/mol. The predicted octanol–water partition coefficient (Wildman–Crippen LogP) is 2.76. The van der Waals surface area contributed by atoms with Gasteiger partial charge in [-0.3, -0.25) is 9.59 Å². The van der Waals surface area contributed by atoms with Gasteiger partial charge in [0.25, 0.3) is 11.5 Å². The molecule has 0 saturated carbocycles. The molecule has 1 aromatic heterocycles. The van der Waals surface area contributed by atoms with Crippen molar-refractivity contribution in [3.8, 4) is 0 Å². The third-order valence-electron chi connectivity index (χ3n) is 3.22. The molecule has 0 aliphatic carbocycles. The molecule has 0 bridgehead atoms. The number of alkyl halides is 3. The lowest BCUT2D eigenvalue weighted by Crippen LogP contribution is -2.25. The van der Waals surface area contributed by atoms with Crippen LogP contribution in [0.25, 0.3) is 0 Å². The van der Waals surface area contributed by atoms with Gasteiger partial charge in [0.05, 0.1) is 0 Å². The fourth-order valence-corrected chi connectivity index (χ4v) is 2.04. The second-order valence-electron chi connectivity index (χ2n) is 5.05. The molecule has 5 nitrogen and oxygen atoms in total. The Hall–Kier alpha value is -2.61. The van der Waals surface area contributed by atoms with Gasteiger partial charge in [-0.25, -0.2) is 0 Å². The lowest BCUT2D eigenvalue weighted by molar-refractivity contribution is -0.141. The van der Waals surface area contributed by atoms with Crippen LogP contribution in [0.2, 0.25) is 0 Å². The Morgan fingerprint density at radius 2 is 1.96 bits per heavy atom. The Labute approximate surface area is 135 Å². The SMILES string of the molecule is CCNCc1cccc(NC(=O)c2ccc(C(F)(F)F)[nH]c2=O)c1. The number of halogens is 3. The van der Waals surface area contributed by atoms with Crippen LogP contribution in [0.15, 0.2) is 41.2 Å². The number of aromatic nitrogens is 1. The van der Waals surface area contributed by atoms with Gasteiger partial charge in [0.1, 0.15) is 11.3 Å².